The minimum atomic E-state index is -0.180. The first-order chi connectivity index (χ1) is 5.17. The highest BCUT2D eigenvalue weighted by atomic mass is 16.5. The van der Waals surface area contributed by atoms with E-state index in [1.54, 1.807) is 0 Å². The Hall–Kier alpha value is -0.0800. The van der Waals surface area contributed by atoms with Crippen molar-refractivity contribution >= 4 is 0 Å². The van der Waals surface area contributed by atoms with Gasteiger partial charge in [0.15, 0.2) is 0 Å². The molecule has 0 aromatic heterocycles. The Morgan fingerprint density at radius 2 is 1.50 bits per heavy atom. The molecule has 12 heavy (non-hydrogen) atoms. The molecule has 0 heterocycles. The molecule has 0 saturated heterocycles. The lowest BCUT2D eigenvalue weighted by molar-refractivity contribution is -0.123. The summed E-state index contributed by atoms with van der Waals surface area (Å²) >= 11 is 0. The third-order valence-electron chi connectivity index (χ3n) is 1.63. The second-order valence-electron chi connectivity index (χ2n) is 5.27. The molecule has 0 spiro atoms. The summed E-state index contributed by atoms with van der Waals surface area (Å²) in [6.07, 6.45) is -0.0856. The summed E-state index contributed by atoms with van der Waals surface area (Å²) in [5.74, 6) is 0. The van der Waals surface area contributed by atoms with Gasteiger partial charge in [-0.2, -0.15) is 0 Å². The van der Waals surface area contributed by atoms with E-state index >= 15 is 0 Å². The van der Waals surface area contributed by atoms with Crippen LogP contribution in [0.15, 0.2) is 0 Å². The monoisotopic (exact) mass is 174 g/mol. The Morgan fingerprint density at radius 1 is 1.08 bits per heavy atom. The van der Waals surface area contributed by atoms with E-state index in [0.29, 0.717) is 0 Å². The molecule has 0 amide bonds. The molecule has 0 aromatic rings. The second-order valence-corrected chi connectivity index (χ2v) is 5.27. The standard InChI is InChI=1S/C10H22O2/c1-9(2,3)8(7-11)12-10(4,5)6/h8,11H,7H2,1-6H3. The lowest BCUT2D eigenvalue weighted by atomic mass is 9.89. The Bertz CT molecular complexity index is 128. The maximum absolute atomic E-state index is 9.10. The van der Waals surface area contributed by atoms with Gasteiger partial charge >= 0.3 is 0 Å². The molecule has 2 nitrogen and oxygen atoms in total. The van der Waals surface area contributed by atoms with Crippen LogP contribution in [0.2, 0.25) is 0 Å². The zero-order chi connectivity index (χ0) is 9.99. The van der Waals surface area contributed by atoms with E-state index in [1.807, 2.05) is 20.8 Å². The van der Waals surface area contributed by atoms with Gasteiger partial charge in [-0.25, -0.2) is 0 Å². The van der Waals surface area contributed by atoms with Crippen molar-refractivity contribution in [3.63, 3.8) is 0 Å². The van der Waals surface area contributed by atoms with Crippen molar-refractivity contribution in [3.8, 4) is 0 Å². The molecular formula is C10H22O2. The fourth-order valence-corrected chi connectivity index (χ4v) is 0.915. The first-order valence-electron chi connectivity index (χ1n) is 4.45. The Morgan fingerprint density at radius 3 is 1.58 bits per heavy atom. The minimum Gasteiger partial charge on any atom is -0.394 e. The van der Waals surface area contributed by atoms with E-state index in [4.69, 9.17) is 9.84 Å². The first-order valence-corrected chi connectivity index (χ1v) is 4.45. The van der Waals surface area contributed by atoms with Crippen molar-refractivity contribution in [1.29, 1.82) is 0 Å². The third-order valence-corrected chi connectivity index (χ3v) is 1.63. The third kappa shape index (κ3) is 4.73. The van der Waals surface area contributed by atoms with Crippen LogP contribution < -0.4 is 0 Å². The van der Waals surface area contributed by atoms with Crippen LogP contribution in [0.1, 0.15) is 41.5 Å². The lowest BCUT2D eigenvalue weighted by Crippen LogP contribution is -2.38. The minimum absolute atomic E-state index is 0.00201. The number of hydrogen-bond acceptors (Lipinski definition) is 2. The van der Waals surface area contributed by atoms with Crippen LogP contribution in [-0.2, 0) is 4.74 Å². The van der Waals surface area contributed by atoms with Crippen LogP contribution in [0.4, 0.5) is 0 Å². The van der Waals surface area contributed by atoms with Gasteiger partial charge in [-0.3, -0.25) is 0 Å². The fourth-order valence-electron chi connectivity index (χ4n) is 0.915. The molecule has 0 aliphatic heterocycles. The summed E-state index contributed by atoms with van der Waals surface area (Å²) in [5, 5.41) is 9.10. The van der Waals surface area contributed by atoms with Crippen LogP contribution in [0.25, 0.3) is 0 Å². The van der Waals surface area contributed by atoms with Crippen LogP contribution >= 0.6 is 0 Å². The smallest absolute Gasteiger partial charge is 0.0860 e. The summed E-state index contributed by atoms with van der Waals surface area (Å²) in [5.41, 5.74) is -0.178. The molecule has 1 unspecified atom stereocenters. The molecule has 0 radical (unpaired) electrons. The molecule has 1 atom stereocenters. The highest BCUT2D eigenvalue weighted by molar-refractivity contribution is 4.76. The maximum Gasteiger partial charge on any atom is 0.0860 e. The fraction of sp³-hybridized carbons (Fsp3) is 1.00. The van der Waals surface area contributed by atoms with Crippen LogP contribution in [0.5, 0.6) is 0 Å². The van der Waals surface area contributed by atoms with Crippen molar-refractivity contribution in [1.82, 2.24) is 0 Å². The molecule has 0 aromatic carbocycles. The molecule has 0 rings (SSSR count). The van der Waals surface area contributed by atoms with E-state index in [1.165, 1.54) is 0 Å². The van der Waals surface area contributed by atoms with Gasteiger partial charge < -0.3 is 9.84 Å². The van der Waals surface area contributed by atoms with Gasteiger partial charge in [0.1, 0.15) is 0 Å². The van der Waals surface area contributed by atoms with Gasteiger partial charge in [-0.15, -0.1) is 0 Å². The van der Waals surface area contributed by atoms with Crippen molar-refractivity contribution in [2.45, 2.75) is 53.2 Å². The van der Waals surface area contributed by atoms with Crippen LogP contribution in [0, 0.1) is 5.41 Å². The van der Waals surface area contributed by atoms with Crippen molar-refractivity contribution in [2.24, 2.45) is 5.41 Å². The van der Waals surface area contributed by atoms with Gasteiger partial charge in [0.2, 0.25) is 0 Å². The Kier molecular flexibility index (Phi) is 3.73. The zero-order valence-corrected chi connectivity index (χ0v) is 9.14. The number of ether oxygens (including phenoxy) is 1. The molecule has 74 valence electrons. The Labute approximate surface area is 75.9 Å². The van der Waals surface area contributed by atoms with E-state index in [9.17, 15) is 0 Å². The van der Waals surface area contributed by atoms with Gasteiger partial charge in [0, 0.05) is 0 Å². The molecule has 0 saturated carbocycles. The van der Waals surface area contributed by atoms with Gasteiger partial charge in [-0.05, 0) is 26.2 Å². The average molecular weight is 174 g/mol. The summed E-state index contributed by atoms with van der Waals surface area (Å²) in [6, 6.07) is 0. The quantitative estimate of drug-likeness (QED) is 0.695. The number of hydrogen-bond donors (Lipinski definition) is 1. The maximum atomic E-state index is 9.10. The van der Waals surface area contributed by atoms with Crippen molar-refractivity contribution in [3.05, 3.63) is 0 Å². The summed E-state index contributed by atoms with van der Waals surface area (Å²) < 4.78 is 5.70. The van der Waals surface area contributed by atoms with Gasteiger partial charge in [0.05, 0.1) is 18.3 Å². The van der Waals surface area contributed by atoms with E-state index in [-0.39, 0.29) is 23.7 Å². The zero-order valence-electron chi connectivity index (χ0n) is 9.14. The molecular weight excluding hydrogens is 152 g/mol. The summed E-state index contributed by atoms with van der Waals surface area (Å²) in [6.45, 7) is 12.3. The summed E-state index contributed by atoms with van der Waals surface area (Å²) in [7, 11) is 0. The van der Waals surface area contributed by atoms with Crippen molar-refractivity contribution < 1.29 is 9.84 Å². The van der Waals surface area contributed by atoms with Crippen molar-refractivity contribution in [2.75, 3.05) is 6.61 Å². The average Bonchev–Trinajstić information content (AvgIpc) is 1.78. The Balaban J connectivity index is 4.20. The molecule has 2 heteroatoms. The van der Waals surface area contributed by atoms with Gasteiger partial charge in [-0.1, -0.05) is 20.8 Å². The number of aliphatic hydroxyl groups excluding tert-OH is 1. The normalized spacial score (nSPS) is 16.2. The SMILES string of the molecule is CC(C)(C)OC(CO)C(C)(C)C. The van der Waals surface area contributed by atoms with Gasteiger partial charge in [0.25, 0.3) is 0 Å². The largest absolute Gasteiger partial charge is 0.394 e. The number of rotatable bonds is 2. The predicted octanol–water partition coefficient (Wildman–Crippen LogP) is 2.21. The molecule has 0 fully saturated rings. The van der Waals surface area contributed by atoms with E-state index in [2.05, 4.69) is 20.8 Å². The topological polar surface area (TPSA) is 29.5 Å². The first kappa shape index (κ1) is 11.9. The highest BCUT2D eigenvalue weighted by Gasteiger charge is 2.28. The van der Waals surface area contributed by atoms with E-state index < -0.39 is 0 Å². The molecule has 1 N–H and O–H groups in total. The second kappa shape index (κ2) is 3.75. The predicted molar refractivity (Wildman–Crippen MR) is 51.2 cm³/mol. The molecule has 0 aliphatic carbocycles. The van der Waals surface area contributed by atoms with Crippen LogP contribution in [0.3, 0.4) is 0 Å². The number of aliphatic hydroxyl groups is 1. The summed E-state index contributed by atoms with van der Waals surface area (Å²) in [4.78, 5) is 0. The highest BCUT2D eigenvalue weighted by Crippen LogP contribution is 2.25. The molecule has 0 bridgehead atoms. The van der Waals surface area contributed by atoms with E-state index in [0.717, 1.165) is 0 Å². The lowest BCUT2D eigenvalue weighted by Gasteiger charge is -2.34. The molecule has 0 aliphatic rings. The van der Waals surface area contributed by atoms with Crippen LogP contribution in [-0.4, -0.2) is 23.4 Å².